The van der Waals surface area contributed by atoms with Crippen molar-refractivity contribution in [2.75, 3.05) is 11.1 Å². The number of rotatable bonds is 3. The molecule has 0 spiro atoms. The van der Waals surface area contributed by atoms with Crippen molar-refractivity contribution in [2.24, 2.45) is 0 Å². The van der Waals surface area contributed by atoms with E-state index >= 15 is 0 Å². The van der Waals surface area contributed by atoms with E-state index in [0.717, 1.165) is 5.56 Å². The van der Waals surface area contributed by atoms with Crippen molar-refractivity contribution in [3.63, 3.8) is 0 Å². The van der Waals surface area contributed by atoms with E-state index in [1.165, 1.54) is 12.3 Å². The molecule has 3 heterocycles. The summed E-state index contributed by atoms with van der Waals surface area (Å²) in [6.45, 7) is 1.85. The van der Waals surface area contributed by atoms with Gasteiger partial charge in [-0.1, -0.05) is 6.07 Å². The highest BCUT2D eigenvalue weighted by molar-refractivity contribution is 6.03. The summed E-state index contributed by atoms with van der Waals surface area (Å²) in [6.07, 6.45) is 3.12. The molecular weight excluding hydrogens is 282 g/mol. The summed E-state index contributed by atoms with van der Waals surface area (Å²) in [7, 11) is 0. The summed E-state index contributed by atoms with van der Waals surface area (Å²) in [4.78, 5) is 24.4. The van der Waals surface area contributed by atoms with Crippen molar-refractivity contribution in [2.45, 2.75) is 6.92 Å². The second-order valence-electron chi connectivity index (χ2n) is 4.60. The number of nitrogens with zero attached hydrogens (tertiary/aromatic N) is 3. The van der Waals surface area contributed by atoms with Gasteiger partial charge in [0.05, 0.1) is 6.26 Å². The topological polar surface area (TPSA) is 107 Å². The molecule has 3 aromatic rings. The third kappa shape index (κ3) is 2.78. The van der Waals surface area contributed by atoms with Crippen LogP contribution in [0.1, 0.15) is 16.1 Å². The van der Waals surface area contributed by atoms with E-state index in [4.69, 9.17) is 10.2 Å². The fourth-order valence-corrected chi connectivity index (χ4v) is 1.92. The van der Waals surface area contributed by atoms with Gasteiger partial charge in [0, 0.05) is 6.20 Å². The normalized spacial score (nSPS) is 10.4. The molecule has 0 aliphatic carbocycles. The van der Waals surface area contributed by atoms with Crippen LogP contribution in [-0.4, -0.2) is 20.9 Å². The summed E-state index contributed by atoms with van der Waals surface area (Å²) in [5.41, 5.74) is 7.11. The second kappa shape index (κ2) is 5.65. The Kier molecular flexibility index (Phi) is 3.53. The number of furan rings is 1. The van der Waals surface area contributed by atoms with E-state index < -0.39 is 5.91 Å². The van der Waals surface area contributed by atoms with Crippen LogP contribution < -0.4 is 11.1 Å². The average Bonchev–Trinajstić information content (AvgIpc) is 3.03. The molecule has 0 atom stereocenters. The van der Waals surface area contributed by atoms with E-state index in [1.807, 2.05) is 13.0 Å². The highest BCUT2D eigenvalue weighted by atomic mass is 16.3. The van der Waals surface area contributed by atoms with Crippen molar-refractivity contribution in [3.8, 4) is 11.5 Å². The predicted octanol–water partition coefficient (Wildman–Crippen LogP) is 2.27. The van der Waals surface area contributed by atoms with Crippen molar-refractivity contribution in [3.05, 3.63) is 54.0 Å². The van der Waals surface area contributed by atoms with Crippen LogP contribution >= 0.6 is 0 Å². The van der Waals surface area contributed by atoms with Crippen LogP contribution in [0.5, 0.6) is 0 Å². The van der Waals surface area contributed by atoms with Crippen LogP contribution in [0, 0.1) is 6.92 Å². The Morgan fingerprint density at radius 3 is 2.86 bits per heavy atom. The van der Waals surface area contributed by atoms with E-state index in [0.29, 0.717) is 17.3 Å². The molecule has 3 N–H and O–H groups in total. The molecule has 3 rings (SSSR count). The van der Waals surface area contributed by atoms with Crippen LogP contribution in [-0.2, 0) is 0 Å². The standard InChI is InChI=1S/C15H13N5O2/c1-9-4-2-6-17-13(9)20-14(21)11-8-10(18-15(16)19-11)12-5-3-7-22-12/h2-8H,1H3,(H2,16,18,19)(H,17,20,21). The Labute approximate surface area is 126 Å². The molecule has 0 aromatic carbocycles. The molecule has 0 saturated carbocycles. The Balaban J connectivity index is 1.91. The molecule has 3 aromatic heterocycles. The first-order valence-corrected chi connectivity index (χ1v) is 6.55. The van der Waals surface area contributed by atoms with E-state index in [9.17, 15) is 4.79 Å². The maximum atomic E-state index is 12.3. The summed E-state index contributed by atoms with van der Waals surface area (Å²) >= 11 is 0. The maximum absolute atomic E-state index is 12.3. The third-order valence-electron chi connectivity index (χ3n) is 2.99. The molecule has 0 radical (unpaired) electrons. The van der Waals surface area contributed by atoms with E-state index in [2.05, 4.69) is 20.3 Å². The van der Waals surface area contributed by atoms with E-state index in [1.54, 1.807) is 24.4 Å². The minimum absolute atomic E-state index is 0.00297. The summed E-state index contributed by atoms with van der Waals surface area (Å²) in [6, 6.07) is 8.62. The summed E-state index contributed by atoms with van der Waals surface area (Å²) < 4.78 is 5.26. The van der Waals surface area contributed by atoms with Gasteiger partial charge in [-0.3, -0.25) is 4.79 Å². The second-order valence-corrected chi connectivity index (χ2v) is 4.60. The van der Waals surface area contributed by atoms with Crippen molar-refractivity contribution >= 4 is 17.7 Å². The van der Waals surface area contributed by atoms with Crippen molar-refractivity contribution in [1.82, 2.24) is 15.0 Å². The minimum Gasteiger partial charge on any atom is -0.463 e. The number of hydrogen-bond donors (Lipinski definition) is 2. The number of hydrogen-bond acceptors (Lipinski definition) is 6. The monoisotopic (exact) mass is 295 g/mol. The number of nitrogens with two attached hydrogens (primary N) is 1. The van der Waals surface area contributed by atoms with Gasteiger partial charge in [-0.25, -0.2) is 15.0 Å². The van der Waals surface area contributed by atoms with Gasteiger partial charge in [0.1, 0.15) is 17.2 Å². The first kappa shape index (κ1) is 13.7. The molecule has 0 saturated heterocycles. The summed E-state index contributed by atoms with van der Waals surface area (Å²) in [5, 5.41) is 2.70. The minimum atomic E-state index is -0.413. The SMILES string of the molecule is Cc1cccnc1NC(=O)c1cc(-c2ccco2)nc(N)n1. The molecule has 0 aliphatic rings. The van der Waals surface area contributed by atoms with Gasteiger partial charge in [0.2, 0.25) is 5.95 Å². The molecule has 1 amide bonds. The third-order valence-corrected chi connectivity index (χ3v) is 2.99. The molecular formula is C15H13N5O2. The number of anilines is 2. The number of nitrogens with one attached hydrogen (secondary N) is 1. The van der Waals surface area contributed by atoms with Crippen molar-refractivity contribution in [1.29, 1.82) is 0 Å². The molecule has 22 heavy (non-hydrogen) atoms. The molecule has 0 unspecified atom stereocenters. The lowest BCUT2D eigenvalue weighted by Gasteiger charge is -2.07. The van der Waals surface area contributed by atoms with Gasteiger partial charge in [-0.05, 0) is 36.8 Å². The van der Waals surface area contributed by atoms with Crippen molar-refractivity contribution < 1.29 is 9.21 Å². The van der Waals surface area contributed by atoms with Crippen LogP contribution in [0.4, 0.5) is 11.8 Å². The highest BCUT2D eigenvalue weighted by Crippen LogP contribution is 2.19. The number of aryl methyl sites for hydroxylation is 1. The van der Waals surface area contributed by atoms with Gasteiger partial charge in [-0.2, -0.15) is 0 Å². The van der Waals surface area contributed by atoms with Gasteiger partial charge < -0.3 is 15.5 Å². The first-order chi connectivity index (χ1) is 10.6. The fourth-order valence-electron chi connectivity index (χ4n) is 1.92. The van der Waals surface area contributed by atoms with Gasteiger partial charge >= 0.3 is 0 Å². The van der Waals surface area contributed by atoms with Gasteiger partial charge in [0.15, 0.2) is 5.76 Å². The zero-order valence-electron chi connectivity index (χ0n) is 11.8. The van der Waals surface area contributed by atoms with E-state index in [-0.39, 0.29) is 11.6 Å². The lowest BCUT2D eigenvalue weighted by Crippen LogP contribution is -2.16. The average molecular weight is 295 g/mol. The number of carbonyl (C=O) groups excluding carboxylic acids is 1. The molecule has 7 heteroatoms. The fraction of sp³-hybridized carbons (Fsp3) is 0.0667. The highest BCUT2D eigenvalue weighted by Gasteiger charge is 2.14. The number of aromatic nitrogens is 3. The number of nitrogen functional groups attached to an aromatic ring is 1. The molecule has 110 valence electrons. The zero-order chi connectivity index (χ0) is 15.5. The Hall–Kier alpha value is -3.22. The zero-order valence-corrected chi connectivity index (χ0v) is 11.8. The van der Waals surface area contributed by atoms with Crippen LogP contribution in [0.3, 0.4) is 0 Å². The Morgan fingerprint density at radius 2 is 2.14 bits per heavy atom. The Morgan fingerprint density at radius 1 is 1.27 bits per heavy atom. The maximum Gasteiger partial charge on any atom is 0.275 e. The lowest BCUT2D eigenvalue weighted by molar-refractivity contribution is 0.102. The largest absolute Gasteiger partial charge is 0.463 e. The van der Waals surface area contributed by atoms with Crippen LogP contribution in [0.25, 0.3) is 11.5 Å². The lowest BCUT2D eigenvalue weighted by atomic mass is 10.2. The van der Waals surface area contributed by atoms with Crippen LogP contribution in [0.15, 0.2) is 47.2 Å². The number of pyridine rings is 1. The first-order valence-electron chi connectivity index (χ1n) is 6.55. The molecule has 7 nitrogen and oxygen atoms in total. The summed E-state index contributed by atoms with van der Waals surface area (Å²) in [5.74, 6) is 0.571. The van der Waals surface area contributed by atoms with Crippen LogP contribution in [0.2, 0.25) is 0 Å². The molecule has 0 bridgehead atoms. The predicted molar refractivity (Wildman–Crippen MR) is 81.1 cm³/mol. The molecule has 0 fully saturated rings. The Bertz CT molecular complexity index is 815. The quantitative estimate of drug-likeness (QED) is 0.767. The van der Waals surface area contributed by atoms with Gasteiger partial charge in [-0.15, -0.1) is 0 Å². The molecule has 0 aliphatic heterocycles. The smallest absolute Gasteiger partial charge is 0.275 e. The number of amides is 1. The number of carbonyl (C=O) groups is 1. The van der Waals surface area contributed by atoms with Gasteiger partial charge in [0.25, 0.3) is 5.91 Å².